The summed E-state index contributed by atoms with van der Waals surface area (Å²) < 4.78 is 15.7. The van der Waals surface area contributed by atoms with Crippen molar-refractivity contribution in [2.45, 2.75) is 6.67 Å². The van der Waals surface area contributed by atoms with Crippen molar-refractivity contribution in [1.82, 2.24) is 19.6 Å². The summed E-state index contributed by atoms with van der Waals surface area (Å²) in [4.78, 5) is 0. The second-order valence-corrected chi connectivity index (χ2v) is 3.84. The molecule has 90 valence electrons. The second-order valence-electron chi connectivity index (χ2n) is 3.84. The highest BCUT2D eigenvalue weighted by Crippen LogP contribution is 2.10. The third-order valence-corrected chi connectivity index (χ3v) is 2.61. The van der Waals surface area contributed by atoms with Gasteiger partial charge in [0.05, 0.1) is 11.4 Å². The van der Waals surface area contributed by atoms with Crippen LogP contribution in [0.2, 0.25) is 0 Å². The van der Waals surface area contributed by atoms with E-state index in [1.807, 2.05) is 42.6 Å². The van der Waals surface area contributed by atoms with Crippen LogP contribution in [0, 0.1) is 0 Å². The van der Waals surface area contributed by atoms with Gasteiger partial charge in [0.15, 0.2) is 5.82 Å². The van der Waals surface area contributed by atoms with Crippen molar-refractivity contribution in [2.75, 3.05) is 0 Å². The lowest BCUT2D eigenvalue weighted by molar-refractivity contribution is 0.473. The van der Waals surface area contributed by atoms with E-state index in [1.54, 1.807) is 21.6 Å². The first-order valence-corrected chi connectivity index (χ1v) is 5.59. The number of halogens is 1. The van der Waals surface area contributed by atoms with Crippen molar-refractivity contribution in [3.63, 3.8) is 0 Å². The molecule has 1 aromatic carbocycles. The Hall–Kier alpha value is -2.43. The molecule has 4 nitrogen and oxygen atoms in total. The molecule has 0 spiro atoms. The third kappa shape index (κ3) is 1.90. The Morgan fingerprint density at radius 1 is 0.889 bits per heavy atom. The predicted molar refractivity (Wildman–Crippen MR) is 65.5 cm³/mol. The fraction of sp³-hybridized carbons (Fsp3) is 0.0769. The van der Waals surface area contributed by atoms with Crippen molar-refractivity contribution in [3.8, 4) is 11.5 Å². The molecule has 0 N–H and O–H groups in total. The van der Waals surface area contributed by atoms with Crippen LogP contribution in [0.3, 0.4) is 0 Å². The second kappa shape index (κ2) is 4.44. The van der Waals surface area contributed by atoms with Gasteiger partial charge in [0.1, 0.15) is 6.67 Å². The molecule has 0 amide bonds. The van der Waals surface area contributed by atoms with E-state index in [-0.39, 0.29) is 0 Å². The van der Waals surface area contributed by atoms with Gasteiger partial charge in [-0.25, -0.2) is 13.8 Å². The highest BCUT2D eigenvalue weighted by Gasteiger charge is 2.05. The van der Waals surface area contributed by atoms with E-state index in [0.29, 0.717) is 11.5 Å². The van der Waals surface area contributed by atoms with Crippen LogP contribution < -0.4 is 0 Å². The number of alkyl halides is 1. The van der Waals surface area contributed by atoms with Crippen LogP contribution in [-0.2, 0) is 6.67 Å². The quantitative estimate of drug-likeness (QED) is 0.707. The molecule has 0 atom stereocenters. The molecule has 2 aromatic heterocycles. The van der Waals surface area contributed by atoms with Crippen molar-refractivity contribution < 1.29 is 4.39 Å². The van der Waals surface area contributed by atoms with Crippen LogP contribution in [-0.4, -0.2) is 19.6 Å². The van der Waals surface area contributed by atoms with E-state index in [1.165, 1.54) is 0 Å². The van der Waals surface area contributed by atoms with Crippen molar-refractivity contribution >= 4 is 0 Å². The molecule has 5 heteroatoms. The lowest BCUT2D eigenvalue weighted by Gasteiger charge is -1.99. The summed E-state index contributed by atoms with van der Waals surface area (Å²) in [5.74, 6) is 0.665. The van der Waals surface area contributed by atoms with Gasteiger partial charge in [0.25, 0.3) is 0 Å². The van der Waals surface area contributed by atoms with Crippen molar-refractivity contribution in [2.24, 2.45) is 0 Å². The Morgan fingerprint density at radius 2 is 1.67 bits per heavy atom. The summed E-state index contributed by atoms with van der Waals surface area (Å²) in [5.41, 5.74) is 1.38. The monoisotopic (exact) mass is 242 g/mol. The van der Waals surface area contributed by atoms with Crippen molar-refractivity contribution in [3.05, 3.63) is 60.6 Å². The number of rotatable bonds is 3. The highest BCUT2D eigenvalue weighted by molar-refractivity contribution is 5.32. The zero-order chi connectivity index (χ0) is 12.4. The zero-order valence-electron chi connectivity index (χ0n) is 9.57. The molecule has 0 unspecified atom stereocenters. The van der Waals surface area contributed by atoms with Crippen LogP contribution in [0.15, 0.2) is 54.9 Å². The van der Waals surface area contributed by atoms with Gasteiger partial charge in [-0.2, -0.15) is 5.10 Å². The normalized spacial score (nSPS) is 10.7. The Bertz CT molecular complexity index is 642. The van der Waals surface area contributed by atoms with Crippen LogP contribution in [0.5, 0.6) is 0 Å². The van der Waals surface area contributed by atoms with E-state index in [0.717, 1.165) is 5.69 Å². The lowest BCUT2D eigenvalue weighted by atomic mass is 10.3. The van der Waals surface area contributed by atoms with Gasteiger partial charge in [-0.1, -0.05) is 18.2 Å². The Kier molecular flexibility index (Phi) is 2.64. The first kappa shape index (κ1) is 10.7. The highest BCUT2D eigenvalue weighted by atomic mass is 19.1. The van der Waals surface area contributed by atoms with Gasteiger partial charge in [0, 0.05) is 18.5 Å². The number of nitrogens with zero attached hydrogens (tertiary/aromatic N) is 4. The van der Waals surface area contributed by atoms with E-state index in [4.69, 9.17) is 0 Å². The largest absolute Gasteiger partial charge is 0.244 e. The average Bonchev–Trinajstić information content (AvgIpc) is 3.08. The summed E-state index contributed by atoms with van der Waals surface area (Å²) in [7, 11) is 0. The van der Waals surface area contributed by atoms with E-state index < -0.39 is 6.67 Å². The molecule has 0 saturated heterocycles. The molecule has 3 aromatic rings. The predicted octanol–water partition coefficient (Wildman–Crippen LogP) is 2.53. The van der Waals surface area contributed by atoms with Crippen molar-refractivity contribution in [1.29, 1.82) is 0 Å². The molecule has 0 saturated carbocycles. The van der Waals surface area contributed by atoms with Gasteiger partial charge in [-0.15, -0.1) is 5.10 Å². The van der Waals surface area contributed by atoms with E-state index >= 15 is 0 Å². The summed E-state index contributed by atoms with van der Waals surface area (Å²) in [6.45, 7) is -0.563. The molecule has 0 radical (unpaired) electrons. The third-order valence-electron chi connectivity index (χ3n) is 2.61. The minimum atomic E-state index is -0.563. The van der Waals surface area contributed by atoms with E-state index in [9.17, 15) is 4.39 Å². The van der Waals surface area contributed by atoms with Gasteiger partial charge < -0.3 is 0 Å². The zero-order valence-corrected chi connectivity index (χ0v) is 9.57. The number of hydrogen-bond acceptors (Lipinski definition) is 2. The molecule has 0 aliphatic carbocycles. The molecule has 3 rings (SSSR count). The topological polar surface area (TPSA) is 35.6 Å². The van der Waals surface area contributed by atoms with E-state index in [2.05, 4.69) is 10.2 Å². The average molecular weight is 242 g/mol. The number of hydrogen-bond donors (Lipinski definition) is 0. The van der Waals surface area contributed by atoms with Crippen LogP contribution in [0.25, 0.3) is 11.5 Å². The summed E-state index contributed by atoms with van der Waals surface area (Å²) in [5, 5.41) is 8.46. The lowest BCUT2D eigenvalue weighted by Crippen LogP contribution is -1.99. The smallest absolute Gasteiger partial charge is 0.175 e. The van der Waals surface area contributed by atoms with Crippen LogP contribution in [0.4, 0.5) is 4.39 Å². The van der Waals surface area contributed by atoms with Gasteiger partial charge in [0.2, 0.25) is 0 Å². The molecule has 18 heavy (non-hydrogen) atoms. The minimum Gasteiger partial charge on any atom is -0.244 e. The Labute approximate surface area is 103 Å². The maximum absolute atomic E-state index is 12.4. The van der Waals surface area contributed by atoms with Gasteiger partial charge in [-0.05, 0) is 18.2 Å². The first-order chi connectivity index (χ1) is 8.86. The van der Waals surface area contributed by atoms with Gasteiger partial charge >= 0.3 is 0 Å². The Morgan fingerprint density at radius 3 is 2.39 bits per heavy atom. The summed E-state index contributed by atoms with van der Waals surface area (Å²) >= 11 is 0. The molecule has 2 heterocycles. The maximum atomic E-state index is 12.4. The molecular formula is C13H11FN4. The summed E-state index contributed by atoms with van der Waals surface area (Å²) in [6, 6.07) is 13.3. The minimum absolute atomic E-state index is 0.407. The van der Waals surface area contributed by atoms with Crippen LogP contribution in [0.1, 0.15) is 5.69 Å². The molecular weight excluding hydrogens is 231 g/mol. The number of para-hydroxylation sites is 1. The van der Waals surface area contributed by atoms with Crippen LogP contribution >= 0.6 is 0 Å². The first-order valence-electron chi connectivity index (χ1n) is 5.59. The molecule has 0 aliphatic rings. The fourth-order valence-electron chi connectivity index (χ4n) is 1.72. The number of benzene rings is 1. The molecule has 0 fully saturated rings. The standard InChI is InChI=1S/C13H11FN4/c14-10-11-6-8-18(15-11)13-7-9-17(16-13)12-4-2-1-3-5-12/h1-9H,10H2. The fourth-order valence-corrected chi connectivity index (χ4v) is 1.72. The molecule has 0 aliphatic heterocycles. The maximum Gasteiger partial charge on any atom is 0.175 e. The molecule has 0 bridgehead atoms. The van der Waals surface area contributed by atoms with Gasteiger partial charge in [-0.3, -0.25) is 0 Å². The number of aromatic nitrogens is 4. The summed E-state index contributed by atoms with van der Waals surface area (Å²) in [6.07, 6.45) is 3.55. The Balaban J connectivity index is 1.94. The SMILES string of the molecule is FCc1ccn(-c2ccn(-c3ccccc3)n2)n1.